The van der Waals surface area contributed by atoms with Crippen molar-refractivity contribution in [2.24, 2.45) is 5.10 Å². The molecule has 0 atom stereocenters. The largest absolute Gasteiger partial charge is 0.291 e. The predicted octanol–water partition coefficient (Wildman–Crippen LogP) is 2.40. The molecule has 1 N–H and O–H groups in total. The maximum Gasteiger partial charge on any atom is 0.261 e. The molecule has 4 rings (SSSR count). The Morgan fingerprint density at radius 3 is 2.87 bits per heavy atom. The highest BCUT2D eigenvalue weighted by atomic mass is 16.1. The molecule has 0 amide bonds. The molecule has 1 aromatic carbocycles. The van der Waals surface area contributed by atoms with Crippen molar-refractivity contribution >= 4 is 22.4 Å². The molecule has 1 aliphatic rings. The van der Waals surface area contributed by atoms with Gasteiger partial charge in [-0.15, -0.1) is 0 Å². The average Bonchev–Trinajstić information content (AvgIpc) is 2.61. The molecule has 0 saturated heterocycles. The second-order valence-electron chi connectivity index (χ2n) is 5.40. The first kappa shape index (κ1) is 13.6. The molecule has 0 radical (unpaired) electrons. The molecule has 3 heterocycles. The van der Waals surface area contributed by atoms with Gasteiger partial charge < -0.3 is 0 Å². The number of nitrogens with one attached hydrogen (secondary N) is 1. The second-order valence-corrected chi connectivity index (χ2v) is 5.40. The van der Waals surface area contributed by atoms with E-state index < -0.39 is 0 Å². The molecule has 23 heavy (non-hydrogen) atoms. The highest BCUT2D eigenvalue weighted by Gasteiger charge is 2.20. The second kappa shape index (κ2) is 5.64. The highest BCUT2D eigenvalue weighted by molar-refractivity contribution is 5.99. The van der Waals surface area contributed by atoms with Crippen molar-refractivity contribution < 1.29 is 0 Å². The number of pyridine rings is 1. The third-order valence-corrected chi connectivity index (χ3v) is 3.89. The van der Waals surface area contributed by atoms with E-state index in [1.807, 2.05) is 42.5 Å². The molecule has 2 aromatic heterocycles. The number of hydrogen-bond donors (Lipinski definition) is 1. The number of aromatic nitrogens is 3. The summed E-state index contributed by atoms with van der Waals surface area (Å²) in [6, 6.07) is 13.0. The monoisotopic (exact) mass is 305 g/mol. The summed E-state index contributed by atoms with van der Waals surface area (Å²) in [7, 11) is 0. The number of para-hydroxylation sites is 1. The number of hydrogen-bond acceptors (Lipinski definition) is 5. The number of anilines is 1. The van der Waals surface area contributed by atoms with Crippen LogP contribution in [0.2, 0.25) is 0 Å². The molecule has 0 fully saturated rings. The van der Waals surface area contributed by atoms with Gasteiger partial charge in [0.2, 0.25) is 0 Å². The quantitative estimate of drug-likeness (QED) is 0.738. The summed E-state index contributed by atoms with van der Waals surface area (Å²) in [5, 5.41) is 5.07. The molecule has 0 aliphatic carbocycles. The fourth-order valence-corrected chi connectivity index (χ4v) is 2.77. The zero-order valence-corrected chi connectivity index (χ0v) is 12.4. The normalized spacial score (nSPS) is 15.6. The van der Waals surface area contributed by atoms with Gasteiger partial charge in [-0.25, -0.2) is 9.97 Å². The maximum atomic E-state index is 12.6. The van der Waals surface area contributed by atoms with Crippen LogP contribution in [0.1, 0.15) is 18.7 Å². The Bertz CT molecular complexity index is 946. The standard InChI is InChI=1S/C17H15N5O/c23-17-12-6-1-2-7-13(12)19-16-14(8-5-11-22(16)17)20-21-15-9-3-4-10-18-15/h1-4,6-7,9-10H,5,8,11H2,(H,18,21)/b20-14+. The van der Waals surface area contributed by atoms with Gasteiger partial charge in [-0.1, -0.05) is 18.2 Å². The van der Waals surface area contributed by atoms with E-state index in [0.29, 0.717) is 29.1 Å². The van der Waals surface area contributed by atoms with Gasteiger partial charge in [-0.3, -0.25) is 14.8 Å². The van der Waals surface area contributed by atoms with Gasteiger partial charge in [0.1, 0.15) is 11.5 Å². The van der Waals surface area contributed by atoms with Gasteiger partial charge in [0.25, 0.3) is 5.56 Å². The van der Waals surface area contributed by atoms with E-state index in [9.17, 15) is 4.79 Å². The molecule has 6 heteroatoms. The van der Waals surface area contributed by atoms with Gasteiger partial charge in [-0.05, 0) is 37.1 Å². The van der Waals surface area contributed by atoms with Crippen molar-refractivity contribution in [3.63, 3.8) is 0 Å². The third-order valence-electron chi connectivity index (χ3n) is 3.89. The smallest absolute Gasteiger partial charge is 0.261 e. The summed E-state index contributed by atoms with van der Waals surface area (Å²) in [6.45, 7) is 0.675. The Labute approximate surface area is 132 Å². The van der Waals surface area contributed by atoms with E-state index in [0.717, 1.165) is 18.6 Å². The van der Waals surface area contributed by atoms with E-state index in [2.05, 4.69) is 20.5 Å². The fraction of sp³-hybridized carbons (Fsp3) is 0.176. The lowest BCUT2D eigenvalue weighted by molar-refractivity contribution is 0.597. The zero-order valence-electron chi connectivity index (χ0n) is 12.4. The molecule has 114 valence electrons. The van der Waals surface area contributed by atoms with Crippen LogP contribution in [-0.4, -0.2) is 20.2 Å². The Hall–Kier alpha value is -3.02. The minimum atomic E-state index is -0.00386. The first-order valence-electron chi connectivity index (χ1n) is 7.56. The number of benzene rings is 1. The topological polar surface area (TPSA) is 72.2 Å². The Morgan fingerprint density at radius 1 is 1.13 bits per heavy atom. The Balaban J connectivity index is 1.80. The van der Waals surface area contributed by atoms with Crippen LogP contribution in [0.3, 0.4) is 0 Å². The summed E-state index contributed by atoms with van der Waals surface area (Å²) in [5.41, 5.74) is 4.43. The Kier molecular flexibility index (Phi) is 3.34. The third kappa shape index (κ3) is 2.48. The lowest BCUT2D eigenvalue weighted by Gasteiger charge is -2.19. The van der Waals surface area contributed by atoms with Crippen LogP contribution in [0.25, 0.3) is 10.9 Å². The van der Waals surface area contributed by atoms with E-state index in [-0.39, 0.29) is 5.56 Å². The molecule has 0 spiro atoms. The van der Waals surface area contributed by atoms with E-state index >= 15 is 0 Å². The SMILES string of the molecule is O=c1c2ccccc2nc2n1CCC/C2=N\Nc1ccccn1. The van der Waals surface area contributed by atoms with E-state index in [4.69, 9.17) is 0 Å². The number of rotatable bonds is 2. The minimum absolute atomic E-state index is 0.00386. The highest BCUT2D eigenvalue weighted by Crippen LogP contribution is 2.16. The van der Waals surface area contributed by atoms with E-state index in [1.54, 1.807) is 10.8 Å². The number of fused-ring (bicyclic) bond motifs is 2. The predicted molar refractivity (Wildman–Crippen MR) is 89.6 cm³/mol. The lowest BCUT2D eigenvalue weighted by Crippen LogP contribution is -2.32. The molecule has 3 aromatic rings. The first-order valence-corrected chi connectivity index (χ1v) is 7.56. The van der Waals surface area contributed by atoms with Crippen molar-refractivity contribution in [2.75, 3.05) is 5.43 Å². The van der Waals surface area contributed by atoms with Gasteiger partial charge >= 0.3 is 0 Å². The zero-order chi connectivity index (χ0) is 15.6. The lowest BCUT2D eigenvalue weighted by atomic mass is 10.1. The van der Waals surface area contributed by atoms with Crippen LogP contribution in [0.5, 0.6) is 0 Å². The van der Waals surface area contributed by atoms with Gasteiger partial charge in [0.15, 0.2) is 5.82 Å². The minimum Gasteiger partial charge on any atom is -0.291 e. The summed E-state index contributed by atoms with van der Waals surface area (Å²) in [4.78, 5) is 21.4. The van der Waals surface area contributed by atoms with Gasteiger partial charge in [-0.2, -0.15) is 5.10 Å². The Morgan fingerprint density at radius 2 is 2.00 bits per heavy atom. The van der Waals surface area contributed by atoms with Crippen molar-refractivity contribution in [2.45, 2.75) is 19.4 Å². The summed E-state index contributed by atoms with van der Waals surface area (Å²) < 4.78 is 1.71. The number of nitrogens with zero attached hydrogens (tertiary/aromatic N) is 4. The molecular formula is C17H15N5O. The maximum absolute atomic E-state index is 12.6. The molecule has 0 saturated carbocycles. The van der Waals surface area contributed by atoms with Crippen LogP contribution in [0.15, 0.2) is 58.6 Å². The van der Waals surface area contributed by atoms with Crippen molar-refractivity contribution in [1.82, 2.24) is 14.5 Å². The van der Waals surface area contributed by atoms with Gasteiger partial charge in [0, 0.05) is 12.7 Å². The molecule has 0 unspecified atom stereocenters. The summed E-state index contributed by atoms with van der Waals surface area (Å²) in [5.74, 6) is 1.31. The number of hydrazone groups is 1. The fourth-order valence-electron chi connectivity index (χ4n) is 2.77. The average molecular weight is 305 g/mol. The molecule has 0 bridgehead atoms. The van der Waals surface area contributed by atoms with Crippen LogP contribution >= 0.6 is 0 Å². The first-order chi connectivity index (χ1) is 11.3. The summed E-state index contributed by atoms with van der Waals surface area (Å²) in [6.07, 6.45) is 3.36. The molecule has 1 aliphatic heterocycles. The van der Waals surface area contributed by atoms with E-state index in [1.165, 1.54) is 0 Å². The van der Waals surface area contributed by atoms with Crippen LogP contribution in [0.4, 0.5) is 5.82 Å². The molecule has 6 nitrogen and oxygen atoms in total. The summed E-state index contributed by atoms with van der Waals surface area (Å²) >= 11 is 0. The van der Waals surface area contributed by atoms with Crippen LogP contribution < -0.4 is 11.0 Å². The van der Waals surface area contributed by atoms with Crippen LogP contribution in [0, 0.1) is 0 Å². The van der Waals surface area contributed by atoms with Crippen LogP contribution in [-0.2, 0) is 6.54 Å². The van der Waals surface area contributed by atoms with Crippen molar-refractivity contribution in [1.29, 1.82) is 0 Å². The van der Waals surface area contributed by atoms with Crippen molar-refractivity contribution in [3.8, 4) is 0 Å². The van der Waals surface area contributed by atoms with Crippen molar-refractivity contribution in [3.05, 3.63) is 64.8 Å². The van der Waals surface area contributed by atoms with Gasteiger partial charge in [0.05, 0.1) is 10.9 Å². The molecular weight excluding hydrogens is 290 g/mol.